The van der Waals surface area contributed by atoms with Gasteiger partial charge in [0.25, 0.3) is 0 Å². The standard InChI is InChI=1S/C27H28F3N3O3/c1-35-26(34)24-8-7-22(17-32-24)31-12-2-3-23-16-21-15-20(5-4-19-10-13-36-14-11-19)6-9-25(21)33(23)18-27(28,29)30/h6-9,15-17,19,31H,4-5,10-14,18H2,1H3. The molecule has 9 heteroatoms. The molecule has 2 aromatic heterocycles. The van der Waals surface area contributed by atoms with Crippen LogP contribution < -0.4 is 5.32 Å². The Labute approximate surface area is 207 Å². The molecule has 0 atom stereocenters. The first kappa shape index (κ1) is 25.6. The second-order valence-corrected chi connectivity index (χ2v) is 8.80. The number of halogens is 3. The molecule has 4 rings (SSSR count). The fourth-order valence-corrected chi connectivity index (χ4v) is 4.34. The minimum Gasteiger partial charge on any atom is -0.464 e. The molecule has 1 N–H and O–H groups in total. The van der Waals surface area contributed by atoms with Crippen LogP contribution in [0.4, 0.5) is 18.9 Å². The second-order valence-electron chi connectivity index (χ2n) is 8.80. The number of nitrogens with one attached hydrogen (secondary N) is 1. The Balaban J connectivity index is 1.47. The number of ether oxygens (including phenoxy) is 2. The highest BCUT2D eigenvalue weighted by Crippen LogP contribution is 2.28. The number of aryl methyl sites for hydroxylation is 1. The van der Waals surface area contributed by atoms with Crippen molar-refractivity contribution in [2.45, 2.75) is 38.4 Å². The molecule has 3 aromatic rings. The number of carbonyl (C=O) groups excluding carboxylic acids is 1. The average Bonchev–Trinajstić information content (AvgIpc) is 3.20. The molecule has 3 heterocycles. The van der Waals surface area contributed by atoms with Gasteiger partial charge in [-0.25, -0.2) is 9.78 Å². The number of alkyl halides is 3. The highest BCUT2D eigenvalue weighted by atomic mass is 19.4. The van der Waals surface area contributed by atoms with Crippen molar-refractivity contribution in [3.8, 4) is 11.8 Å². The number of rotatable bonds is 7. The van der Waals surface area contributed by atoms with Gasteiger partial charge in [0.1, 0.15) is 12.2 Å². The maximum atomic E-state index is 13.3. The van der Waals surface area contributed by atoms with E-state index < -0.39 is 18.7 Å². The maximum Gasteiger partial charge on any atom is 0.406 e. The largest absolute Gasteiger partial charge is 0.464 e. The van der Waals surface area contributed by atoms with Gasteiger partial charge in [-0.15, -0.1) is 0 Å². The summed E-state index contributed by atoms with van der Waals surface area (Å²) in [6, 6.07) is 10.5. The van der Waals surface area contributed by atoms with Crippen LogP contribution in [0.5, 0.6) is 0 Å². The molecule has 0 unspecified atom stereocenters. The van der Waals surface area contributed by atoms with E-state index in [2.05, 4.69) is 26.9 Å². The number of hydrogen-bond acceptors (Lipinski definition) is 5. The van der Waals surface area contributed by atoms with Gasteiger partial charge in [0.15, 0.2) is 0 Å². The molecule has 6 nitrogen and oxygen atoms in total. The van der Waals surface area contributed by atoms with E-state index in [-0.39, 0.29) is 12.2 Å². The van der Waals surface area contributed by atoms with E-state index in [1.54, 1.807) is 18.2 Å². The third-order valence-corrected chi connectivity index (χ3v) is 6.24. The zero-order valence-corrected chi connectivity index (χ0v) is 20.0. The number of methoxy groups -OCH3 is 1. The molecule has 1 aliphatic rings. The van der Waals surface area contributed by atoms with Crippen LogP contribution in [0.1, 0.15) is 41.0 Å². The summed E-state index contributed by atoms with van der Waals surface area (Å²) in [5.74, 6) is 5.86. The van der Waals surface area contributed by atoms with Gasteiger partial charge in [-0.05, 0) is 73.4 Å². The molecule has 190 valence electrons. The van der Waals surface area contributed by atoms with Crippen molar-refractivity contribution in [2.75, 3.05) is 32.2 Å². The summed E-state index contributed by atoms with van der Waals surface area (Å²) in [7, 11) is 1.28. The highest BCUT2D eigenvalue weighted by molar-refractivity contribution is 5.87. The van der Waals surface area contributed by atoms with Crippen LogP contribution in [-0.2, 0) is 22.4 Å². The Morgan fingerprint density at radius 3 is 2.72 bits per heavy atom. The number of carbonyl (C=O) groups is 1. The van der Waals surface area contributed by atoms with Crippen LogP contribution in [0.25, 0.3) is 10.9 Å². The van der Waals surface area contributed by atoms with E-state index >= 15 is 0 Å². The van der Waals surface area contributed by atoms with Crippen molar-refractivity contribution < 1.29 is 27.4 Å². The Hall–Kier alpha value is -3.51. The lowest BCUT2D eigenvalue weighted by atomic mass is 9.92. The van der Waals surface area contributed by atoms with E-state index in [0.29, 0.717) is 22.8 Å². The van der Waals surface area contributed by atoms with Crippen LogP contribution in [-0.4, -0.2) is 48.6 Å². The Morgan fingerprint density at radius 1 is 1.22 bits per heavy atom. The third kappa shape index (κ3) is 6.79. The average molecular weight is 500 g/mol. The minimum atomic E-state index is -4.37. The van der Waals surface area contributed by atoms with Crippen molar-refractivity contribution in [3.05, 3.63) is 59.5 Å². The number of anilines is 1. The van der Waals surface area contributed by atoms with Crippen molar-refractivity contribution >= 4 is 22.6 Å². The number of aromatic nitrogens is 2. The van der Waals surface area contributed by atoms with Crippen LogP contribution in [0.3, 0.4) is 0 Å². The summed E-state index contributed by atoms with van der Waals surface area (Å²) in [6.07, 6.45) is 1.16. The van der Waals surface area contributed by atoms with Gasteiger partial charge in [0.2, 0.25) is 0 Å². The topological polar surface area (TPSA) is 65.4 Å². The summed E-state index contributed by atoms with van der Waals surface area (Å²) in [6.45, 7) is 0.698. The number of nitrogens with zero attached hydrogens (tertiary/aromatic N) is 2. The molecule has 0 aliphatic carbocycles. The Morgan fingerprint density at radius 2 is 2.03 bits per heavy atom. The van der Waals surface area contributed by atoms with Gasteiger partial charge < -0.3 is 19.4 Å². The lowest BCUT2D eigenvalue weighted by Crippen LogP contribution is -2.18. The zero-order chi connectivity index (χ0) is 25.5. The van der Waals surface area contributed by atoms with Crippen molar-refractivity contribution in [3.63, 3.8) is 0 Å². The third-order valence-electron chi connectivity index (χ3n) is 6.24. The number of esters is 1. The van der Waals surface area contributed by atoms with Crippen molar-refractivity contribution in [1.29, 1.82) is 0 Å². The van der Waals surface area contributed by atoms with Gasteiger partial charge >= 0.3 is 12.1 Å². The number of pyridine rings is 1. The molecular formula is C27H28F3N3O3. The lowest BCUT2D eigenvalue weighted by molar-refractivity contribution is -0.140. The first-order valence-electron chi connectivity index (χ1n) is 11.9. The van der Waals surface area contributed by atoms with Crippen molar-refractivity contribution in [1.82, 2.24) is 9.55 Å². The zero-order valence-electron chi connectivity index (χ0n) is 20.0. The van der Waals surface area contributed by atoms with Crippen LogP contribution >= 0.6 is 0 Å². The first-order valence-corrected chi connectivity index (χ1v) is 11.9. The van der Waals surface area contributed by atoms with E-state index in [0.717, 1.165) is 49.8 Å². The van der Waals surface area contributed by atoms with Gasteiger partial charge in [-0.1, -0.05) is 12.0 Å². The molecule has 0 amide bonds. The quantitative estimate of drug-likeness (QED) is 0.357. The van der Waals surface area contributed by atoms with E-state index in [1.807, 2.05) is 12.1 Å². The molecule has 36 heavy (non-hydrogen) atoms. The Kier molecular flexibility index (Phi) is 8.16. The summed E-state index contributed by atoms with van der Waals surface area (Å²) in [5.41, 5.74) is 2.74. The SMILES string of the molecule is COC(=O)c1ccc(NCC#Cc2cc3cc(CCC4CCOCC4)ccc3n2CC(F)(F)F)cn1. The van der Waals surface area contributed by atoms with E-state index in [4.69, 9.17) is 4.74 Å². The molecule has 1 aliphatic heterocycles. The molecule has 0 spiro atoms. The summed E-state index contributed by atoms with van der Waals surface area (Å²) >= 11 is 0. The lowest BCUT2D eigenvalue weighted by Gasteiger charge is -2.21. The van der Waals surface area contributed by atoms with Gasteiger partial charge in [-0.3, -0.25) is 0 Å². The molecule has 1 saturated heterocycles. The normalized spacial score (nSPS) is 14.3. The van der Waals surface area contributed by atoms with Crippen molar-refractivity contribution in [2.24, 2.45) is 5.92 Å². The smallest absolute Gasteiger partial charge is 0.406 e. The van der Waals surface area contributed by atoms with Crippen LogP contribution in [0.15, 0.2) is 42.6 Å². The summed E-state index contributed by atoms with van der Waals surface area (Å²) in [5, 5.41) is 3.78. The van der Waals surface area contributed by atoms with Crippen LogP contribution in [0, 0.1) is 17.8 Å². The second kappa shape index (κ2) is 11.5. The molecular weight excluding hydrogens is 471 g/mol. The van der Waals surface area contributed by atoms with E-state index in [9.17, 15) is 18.0 Å². The van der Waals surface area contributed by atoms with E-state index in [1.165, 1.54) is 23.9 Å². The maximum absolute atomic E-state index is 13.3. The molecule has 0 radical (unpaired) electrons. The molecule has 1 aromatic carbocycles. The molecule has 0 saturated carbocycles. The Bertz CT molecular complexity index is 1250. The number of fused-ring (bicyclic) bond motifs is 1. The first-order chi connectivity index (χ1) is 17.3. The predicted octanol–water partition coefficient (Wildman–Crippen LogP) is 5.21. The predicted molar refractivity (Wildman–Crippen MR) is 131 cm³/mol. The fraction of sp³-hybridized carbons (Fsp3) is 0.407. The summed E-state index contributed by atoms with van der Waals surface area (Å²) < 4.78 is 51.2. The molecule has 0 bridgehead atoms. The minimum absolute atomic E-state index is 0.179. The monoisotopic (exact) mass is 499 g/mol. The summed E-state index contributed by atoms with van der Waals surface area (Å²) in [4.78, 5) is 15.5. The highest BCUT2D eigenvalue weighted by Gasteiger charge is 2.29. The molecule has 1 fully saturated rings. The van der Waals surface area contributed by atoms with Gasteiger partial charge in [-0.2, -0.15) is 13.2 Å². The van der Waals surface area contributed by atoms with Gasteiger partial charge in [0.05, 0.1) is 31.2 Å². The van der Waals surface area contributed by atoms with Crippen LogP contribution in [0.2, 0.25) is 0 Å². The fourth-order valence-electron chi connectivity index (χ4n) is 4.34. The number of benzene rings is 1. The number of hydrogen-bond donors (Lipinski definition) is 1. The van der Waals surface area contributed by atoms with Gasteiger partial charge in [0, 0.05) is 24.1 Å².